The second-order valence-electron chi connectivity index (χ2n) is 5.35. The van der Waals surface area contributed by atoms with Gasteiger partial charge in [-0.1, -0.05) is 6.07 Å². The Balaban J connectivity index is 1.89. The van der Waals surface area contributed by atoms with Gasteiger partial charge in [-0.2, -0.15) is 13.2 Å². The van der Waals surface area contributed by atoms with Crippen molar-refractivity contribution in [3.05, 3.63) is 29.8 Å². The molecule has 0 aliphatic carbocycles. The fraction of sp³-hybridized carbons (Fsp3) is 0.467. The molecule has 1 heterocycles. The first kappa shape index (κ1) is 18.1. The molecule has 1 N–H and O–H groups in total. The number of carbonyl (C=O) groups excluding carboxylic acids is 2. The number of imide groups is 1. The molecule has 6 nitrogen and oxygen atoms in total. The first-order chi connectivity index (χ1) is 11.3. The Bertz CT molecular complexity index is 599. The largest absolute Gasteiger partial charge is 0.453 e. The van der Waals surface area contributed by atoms with Crippen molar-refractivity contribution in [1.82, 2.24) is 10.2 Å². The number of hydrogen-bond acceptors (Lipinski definition) is 5. The number of anilines is 1. The number of alkyl carbamates (subject to hydrolysis) is 1. The van der Waals surface area contributed by atoms with Gasteiger partial charge in [-0.3, -0.25) is 15.0 Å². The van der Waals surface area contributed by atoms with Gasteiger partial charge in [0.2, 0.25) is 5.91 Å². The van der Waals surface area contributed by atoms with Crippen molar-refractivity contribution in [3.8, 4) is 0 Å². The molecule has 1 aliphatic rings. The highest BCUT2D eigenvalue weighted by molar-refractivity contribution is 5.92. The second-order valence-corrected chi connectivity index (χ2v) is 5.35. The number of benzene rings is 1. The lowest BCUT2D eigenvalue weighted by molar-refractivity contribution is -0.137. The van der Waals surface area contributed by atoms with Crippen LogP contribution < -0.4 is 10.2 Å². The second kappa shape index (κ2) is 7.52. The Morgan fingerprint density at radius 1 is 1.21 bits per heavy atom. The molecule has 1 aromatic carbocycles. The molecule has 24 heavy (non-hydrogen) atoms. The molecule has 0 unspecified atom stereocenters. The summed E-state index contributed by atoms with van der Waals surface area (Å²) in [5, 5.41) is 2.06. The number of ether oxygens (including phenoxy) is 1. The Morgan fingerprint density at radius 2 is 1.88 bits per heavy atom. The standard InChI is InChI=1S/C15H18F3N3O3/c1-24-14(23)19-13(22)10-20-5-7-21(8-6-20)12-4-2-3-11(9-12)15(16,17)18/h2-4,9H,5-8,10H2,1H3,(H,19,22,23). The Morgan fingerprint density at radius 3 is 2.46 bits per heavy atom. The molecule has 0 bridgehead atoms. The maximum absolute atomic E-state index is 12.8. The fourth-order valence-electron chi connectivity index (χ4n) is 2.45. The van der Waals surface area contributed by atoms with Gasteiger partial charge in [0.25, 0.3) is 0 Å². The molecule has 2 amide bonds. The minimum atomic E-state index is -4.37. The quantitative estimate of drug-likeness (QED) is 0.904. The molecule has 9 heteroatoms. The zero-order chi connectivity index (χ0) is 17.7. The third-order valence-corrected chi connectivity index (χ3v) is 3.71. The molecule has 132 valence electrons. The van der Waals surface area contributed by atoms with Crippen LogP contribution >= 0.6 is 0 Å². The minimum Gasteiger partial charge on any atom is -0.453 e. The average Bonchev–Trinajstić information content (AvgIpc) is 2.54. The topological polar surface area (TPSA) is 61.9 Å². The average molecular weight is 345 g/mol. The lowest BCUT2D eigenvalue weighted by Gasteiger charge is -2.35. The molecule has 0 atom stereocenters. The molecular weight excluding hydrogens is 327 g/mol. The van der Waals surface area contributed by atoms with E-state index >= 15 is 0 Å². The monoisotopic (exact) mass is 345 g/mol. The first-order valence-electron chi connectivity index (χ1n) is 7.32. The fourth-order valence-corrected chi connectivity index (χ4v) is 2.45. The van der Waals surface area contributed by atoms with Gasteiger partial charge in [-0.25, -0.2) is 4.79 Å². The van der Waals surface area contributed by atoms with Gasteiger partial charge < -0.3 is 9.64 Å². The summed E-state index contributed by atoms with van der Waals surface area (Å²) in [6.07, 6.45) is -5.19. The van der Waals surface area contributed by atoms with E-state index in [1.54, 1.807) is 6.07 Å². The van der Waals surface area contributed by atoms with Crippen molar-refractivity contribution >= 4 is 17.7 Å². The lowest BCUT2D eigenvalue weighted by Crippen LogP contribution is -2.50. The third-order valence-electron chi connectivity index (χ3n) is 3.71. The van der Waals surface area contributed by atoms with Crippen molar-refractivity contribution in [1.29, 1.82) is 0 Å². The van der Waals surface area contributed by atoms with E-state index in [4.69, 9.17) is 0 Å². The predicted octanol–water partition coefficient (Wildman–Crippen LogP) is 1.71. The van der Waals surface area contributed by atoms with Gasteiger partial charge in [-0.15, -0.1) is 0 Å². The molecule has 0 radical (unpaired) electrons. The molecule has 1 aromatic rings. The maximum atomic E-state index is 12.8. The number of rotatable bonds is 3. The smallest absolute Gasteiger partial charge is 0.416 e. The van der Waals surface area contributed by atoms with Gasteiger partial charge in [0.1, 0.15) is 0 Å². The van der Waals surface area contributed by atoms with Gasteiger partial charge in [0.05, 0.1) is 19.2 Å². The number of nitrogens with one attached hydrogen (secondary N) is 1. The number of alkyl halides is 3. The molecule has 1 saturated heterocycles. The van der Waals surface area contributed by atoms with Crippen molar-refractivity contribution in [3.63, 3.8) is 0 Å². The normalized spacial score (nSPS) is 15.9. The van der Waals surface area contributed by atoms with Crippen LogP contribution in [-0.2, 0) is 15.7 Å². The number of nitrogens with zero attached hydrogens (tertiary/aromatic N) is 2. The summed E-state index contributed by atoms with van der Waals surface area (Å²) < 4.78 is 42.6. The Hall–Kier alpha value is -2.29. The molecule has 1 fully saturated rings. The minimum absolute atomic E-state index is 0.0333. The van der Waals surface area contributed by atoms with Crippen molar-refractivity contribution in [2.75, 3.05) is 44.7 Å². The van der Waals surface area contributed by atoms with E-state index in [9.17, 15) is 22.8 Å². The highest BCUT2D eigenvalue weighted by Crippen LogP contribution is 2.31. The van der Waals surface area contributed by atoms with Crippen LogP contribution in [-0.4, -0.2) is 56.7 Å². The molecule has 0 spiro atoms. The maximum Gasteiger partial charge on any atom is 0.416 e. The number of halogens is 3. The van der Waals surface area contributed by atoms with Crippen LogP contribution in [0.3, 0.4) is 0 Å². The van der Waals surface area contributed by atoms with E-state index in [0.717, 1.165) is 19.2 Å². The number of hydrogen-bond donors (Lipinski definition) is 1. The van der Waals surface area contributed by atoms with Gasteiger partial charge in [-0.05, 0) is 18.2 Å². The molecular formula is C15H18F3N3O3. The van der Waals surface area contributed by atoms with Crippen LogP contribution in [0, 0.1) is 0 Å². The molecule has 0 aromatic heterocycles. The van der Waals surface area contributed by atoms with E-state index in [2.05, 4.69) is 10.1 Å². The summed E-state index contributed by atoms with van der Waals surface area (Å²) in [4.78, 5) is 26.2. The van der Waals surface area contributed by atoms with E-state index in [0.29, 0.717) is 31.9 Å². The summed E-state index contributed by atoms with van der Waals surface area (Å²) in [7, 11) is 1.16. The van der Waals surface area contributed by atoms with E-state index in [-0.39, 0.29) is 6.54 Å². The first-order valence-corrected chi connectivity index (χ1v) is 7.32. The van der Waals surface area contributed by atoms with E-state index < -0.39 is 23.7 Å². The van der Waals surface area contributed by atoms with Crippen molar-refractivity contribution in [2.24, 2.45) is 0 Å². The van der Waals surface area contributed by atoms with Crippen molar-refractivity contribution < 1.29 is 27.5 Å². The summed E-state index contributed by atoms with van der Waals surface area (Å²) >= 11 is 0. The van der Waals surface area contributed by atoms with Gasteiger partial charge in [0.15, 0.2) is 0 Å². The molecule has 2 rings (SSSR count). The lowest BCUT2D eigenvalue weighted by atomic mass is 10.1. The number of methoxy groups -OCH3 is 1. The molecule has 0 saturated carbocycles. The number of amides is 2. The van der Waals surface area contributed by atoms with Gasteiger partial charge >= 0.3 is 12.3 Å². The molecule has 1 aliphatic heterocycles. The summed E-state index contributed by atoms with van der Waals surface area (Å²) in [6.45, 7) is 2.03. The number of carbonyl (C=O) groups is 2. The predicted molar refractivity (Wildman–Crippen MR) is 80.6 cm³/mol. The highest BCUT2D eigenvalue weighted by atomic mass is 19.4. The van der Waals surface area contributed by atoms with Crippen LogP contribution in [0.5, 0.6) is 0 Å². The van der Waals surface area contributed by atoms with Crippen LogP contribution in [0.25, 0.3) is 0 Å². The SMILES string of the molecule is COC(=O)NC(=O)CN1CCN(c2cccc(C(F)(F)F)c2)CC1. The summed E-state index contributed by atoms with van der Waals surface area (Å²) in [5.74, 6) is -0.477. The van der Waals surface area contributed by atoms with Crippen LogP contribution in [0.2, 0.25) is 0 Å². The zero-order valence-corrected chi connectivity index (χ0v) is 13.1. The van der Waals surface area contributed by atoms with E-state index in [1.807, 2.05) is 9.80 Å². The zero-order valence-electron chi connectivity index (χ0n) is 13.1. The van der Waals surface area contributed by atoms with Crippen LogP contribution in [0.15, 0.2) is 24.3 Å². The van der Waals surface area contributed by atoms with Gasteiger partial charge in [0, 0.05) is 31.9 Å². The number of piperazine rings is 1. The van der Waals surface area contributed by atoms with Crippen LogP contribution in [0.4, 0.5) is 23.7 Å². The van der Waals surface area contributed by atoms with Crippen LogP contribution in [0.1, 0.15) is 5.56 Å². The summed E-state index contributed by atoms with van der Waals surface area (Å²) in [5.41, 5.74) is -0.177. The summed E-state index contributed by atoms with van der Waals surface area (Å²) in [6, 6.07) is 5.18. The Labute approximate surface area is 137 Å². The Kier molecular flexibility index (Phi) is 5.66. The van der Waals surface area contributed by atoms with E-state index in [1.165, 1.54) is 6.07 Å². The highest BCUT2D eigenvalue weighted by Gasteiger charge is 2.31. The van der Waals surface area contributed by atoms with Crippen molar-refractivity contribution in [2.45, 2.75) is 6.18 Å². The third kappa shape index (κ3) is 4.85.